The number of pyridine rings is 1. The summed E-state index contributed by atoms with van der Waals surface area (Å²) >= 11 is 1.66. The van der Waals surface area contributed by atoms with Crippen LogP contribution in [0.15, 0.2) is 30.3 Å². The van der Waals surface area contributed by atoms with Gasteiger partial charge in [0.2, 0.25) is 5.91 Å². The molecule has 0 aliphatic rings. The van der Waals surface area contributed by atoms with Crippen molar-refractivity contribution in [2.75, 3.05) is 19.0 Å². The van der Waals surface area contributed by atoms with Crippen LogP contribution < -0.4 is 20.1 Å². The lowest BCUT2D eigenvalue weighted by molar-refractivity contribution is -0.114. The van der Waals surface area contributed by atoms with E-state index < -0.39 is 3.68 Å². The number of nitrogens with zero attached hydrogens (tertiary/aromatic N) is 1. The molecule has 2 N–H and O–H groups in total. The first-order chi connectivity index (χ1) is 13.6. The number of ether oxygens (including phenoxy) is 2. The summed E-state index contributed by atoms with van der Waals surface area (Å²) in [5, 5.41) is 5.38. The van der Waals surface area contributed by atoms with E-state index in [4.69, 9.17) is 9.47 Å². The Morgan fingerprint density at radius 3 is 2.59 bits per heavy atom. The first-order valence-corrected chi connectivity index (χ1v) is 9.87. The van der Waals surface area contributed by atoms with E-state index in [9.17, 15) is 14.0 Å². The Kier molecular flexibility index (Phi) is 7.77. The second-order valence-electron chi connectivity index (χ2n) is 6.59. The maximum atomic E-state index is 13.6. The standard InChI is InChI=1S/C20H23FIN3O4/c1-12-7-15(9-18(24-12)25-13(2)26)19(27)23-10-14-5-6-16(17(8-14)28-4)29-11-20(3,21)22/h5-9H,10-11H2,1-4H3,(H,23,27)(H,24,25,26)/t20-/m1/s1. The van der Waals surface area contributed by atoms with Crippen molar-refractivity contribution in [2.45, 2.75) is 31.0 Å². The first-order valence-electron chi connectivity index (χ1n) is 8.79. The first kappa shape index (κ1) is 22.9. The number of aryl methyl sites for hydroxylation is 1. The summed E-state index contributed by atoms with van der Waals surface area (Å²) in [5.41, 5.74) is 1.78. The number of amides is 2. The van der Waals surface area contributed by atoms with E-state index in [0.717, 1.165) is 5.56 Å². The summed E-state index contributed by atoms with van der Waals surface area (Å²) in [4.78, 5) is 27.9. The van der Waals surface area contributed by atoms with Crippen LogP contribution in [0.3, 0.4) is 0 Å². The van der Waals surface area contributed by atoms with Crippen LogP contribution in [-0.2, 0) is 11.3 Å². The number of nitrogens with one attached hydrogen (secondary N) is 2. The van der Waals surface area contributed by atoms with Crippen LogP contribution in [0.4, 0.5) is 10.2 Å². The van der Waals surface area contributed by atoms with Gasteiger partial charge in [-0.3, -0.25) is 9.59 Å². The minimum Gasteiger partial charge on any atom is -0.493 e. The maximum absolute atomic E-state index is 13.6. The maximum Gasteiger partial charge on any atom is 0.251 e. The molecule has 1 atom stereocenters. The fourth-order valence-electron chi connectivity index (χ4n) is 2.47. The quantitative estimate of drug-likeness (QED) is 0.413. The number of halogens is 2. The molecule has 0 spiro atoms. The number of hydrogen-bond acceptors (Lipinski definition) is 5. The van der Waals surface area contributed by atoms with Crippen LogP contribution in [0.5, 0.6) is 11.5 Å². The molecule has 7 nitrogen and oxygen atoms in total. The number of carbonyl (C=O) groups excluding carboxylic acids is 2. The molecule has 0 saturated carbocycles. The Labute approximate surface area is 182 Å². The molecule has 0 radical (unpaired) electrons. The van der Waals surface area contributed by atoms with Crippen molar-refractivity contribution in [1.82, 2.24) is 10.3 Å². The van der Waals surface area contributed by atoms with Gasteiger partial charge >= 0.3 is 0 Å². The Balaban J connectivity index is 2.06. The van der Waals surface area contributed by atoms with Gasteiger partial charge in [-0.2, -0.15) is 0 Å². The molecule has 1 aromatic heterocycles. The molecule has 0 fully saturated rings. The van der Waals surface area contributed by atoms with E-state index in [2.05, 4.69) is 15.6 Å². The lowest BCUT2D eigenvalue weighted by Crippen LogP contribution is -2.23. The third-order valence-electron chi connectivity index (χ3n) is 3.68. The van der Waals surface area contributed by atoms with Gasteiger partial charge in [-0.25, -0.2) is 9.37 Å². The van der Waals surface area contributed by atoms with E-state index in [-0.39, 0.29) is 25.0 Å². The number of hydrogen-bond donors (Lipinski definition) is 2. The Bertz CT molecular complexity index is 900. The van der Waals surface area contributed by atoms with Crippen molar-refractivity contribution in [3.63, 3.8) is 0 Å². The van der Waals surface area contributed by atoms with Gasteiger partial charge in [0.05, 0.1) is 7.11 Å². The number of methoxy groups -OCH3 is 1. The molecule has 29 heavy (non-hydrogen) atoms. The highest BCUT2D eigenvalue weighted by Crippen LogP contribution is 2.30. The molecule has 2 amide bonds. The normalized spacial score (nSPS) is 12.6. The van der Waals surface area contributed by atoms with Gasteiger partial charge in [0.15, 0.2) is 15.2 Å². The van der Waals surface area contributed by atoms with Crippen LogP contribution in [0.1, 0.15) is 35.5 Å². The predicted molar refractivity (Wildman–Crippen MR) is 116 cm³/mol. The van der Waals surface area contributed by atoms with E-state index in [0.29, 0.717) is 28.6 Å². The van der Waals surface area contributed by atoms with Crippen molar-refractivity contribution >= 4 is 40.2 Å². The summed E-state index contributed by atoms with van der Waals surface area (Å²) in [7, 11) is 1.49. The fraction of sp³-hybridized carbons (Fsp3) is 0.350. The van der Waals surface area contributed by atoms with Gasteiger partial charge in [-0.1, -0.05) is 6.07 Å². The van der Waals surface area contributed by atoms with Gasteiger partial charge < -0.3 is 20.1 Å². The Morgan fingerprint density at radius 2 is 1.97 bits per heavy atom. The van der Waals surface area contributed by atoms with Crippen molar-refractivity contribution in [2.24, 2.45) is 0 Å². The lowest BCUT2D eigenvalue weighted by atomic mass is 10.1. The number of anilines is 1. The topological polar surface area (TPSA) is 89.5 Å². The molecule has 9 heteroatoms. The molecule has 0 saturated heterocycles. The number of alkyl halides is 2. The molecule has 0 bridgehead atoms. The molecule has 2 rings (SSSR count). The molecule has 2 aromatic rings. The monoisotopic (exact) mass is 515 g/mol. The molecule has 0 unspecified atom stereocenters. The van der Waals surface area contributed by atoms with E-state index >= 15 is 0 Å². The molecular weight excluding hydrogens is 492 g/mol. The minimum absolute atomic E-state index is 0.113. The zero-order valence-electron chi connectivity index (χ0n) is 16.6. The van der Waals surface area contributed by atoms with Crippen molar-refractivity contribution in [1.29, 1.82) is 0 Å². The van der Waals surface area contributed by atoms with Crippen LogP contribution in [0.2, 0.25) is 0 Å². The van der Waals surface area contributed by atoms with Crippen LogP contribution in [0.25, 0.3) is 0 Å². The number of aromatic nitrogens is 1. The van der Waals surface area contributed by atoms with Crippen LogP contribution >= 0.6 is 22.6 Å². The largest absolute Gasteiger partial charge is 0.493 e. The SMILES string of the molecule is COc1cc(CNC(=O)c2cc(C)nc(NC(C)=O)c2)ccc1OC[C@](C)(F)I. The molecule has 0 aliphatic heterocycles. The summed E-state index contributed by atoms with van der Waals surface area (Å²) in [5.74, 6) is 0.623. The van der Waals surface area contributed by atoms with E-state index in [1.165, 1.54) is 27.0 Å². The van der Waals surface area contributed by atoms with Gasteiger partial charge in [-0.15, -0.1) is 0 Å². The highest BCUT2D eigenvalue weighted by atomic mass is 127. The molecule has 1 aromatic carbocycles. The average molecular weight is 515 g/mol. The molecular formula is C20H23FIN3O4. The second kappa shape index (κ2) is 9.86. The molecule has 156 valence electrons. The highest BCUT2D eigenvalue weighted by molar-refractivity contribution is 14.1. The van der Waals surface area contributed by atoms with Crippen molar-refractivity contribution < 1.29 is 23.5 Å². The Morgan fingerprint density at radius 1 is 1.24 bits per heavy atom. The predicted octanol–water partition coefficient (Wildman–Crippen LogP) is 3.79. The summed E-state index contributed by atoms with van der Waals surface area (Å²) in [6.07, 6.45) is 0. The third kappa shape index (κ3) is 7.48. The third-order valence-corrected chi connectivity index (χ3v) is 3.99. The van der Waals surface area contributed by atoms with E-state index in [1.54, 1.807) is 53.8 Å². The summed E-state index contributed by atoms with van der Waals surface area (Å²) in [6.45, 7) is 4.67. The summed E-state index contributed by atoms with van der Waals surface area (Å²) < 4.78 is 22.9. The number of rotatable bonds is 8. The molecule has 1 heterocycles. The lowest BCUT2D eigenvalue weighted by Gasteiger charge is -2.16. The Hall–Kier alpha value is -2.43. The second-order valence-corrected chi connectivity index (χ2v) is 8.84. The smallest absolute Gasteiger partial charge is 0.251 e. The van der Waals surface area contributed by atoms with Crippen LogP contribution in [0, 0.1) is 6.92 Å². The number of benzene rings is 1. The van der Waals surface area contributed by atoms with Crippen molar-refractivity contribution in [3.8, 4) is 11.5 Å². The zero-order chi connectivity index (χ0) is 21.6. The summed E-state index contributed by atoms with van der Waals surface area (Å²) in [6, 6.07) is 8.31. The van der Waals surface area contributed by atoms with Gasteiger partial charge in [-0.05, 0) is 66.3 Å². The highest BCUT2D eigenvalue weighted by Gasteiger charge is 2.20. The van der Waals surface area contributed by atoms with Crippen LogP contribution in [-0.4, -0.2) is 34.2 Å². The van der Waals surface area contributed by atoms with Gasteiger partial charge in [0.25, 0.3) is 5.91 Å². The average Bonchev–Trinajstić information content (AvgIpc) is 2.62. The van der Waals surface area contributed by atoms with Gasteiger partial charge in [0, 0.05) is 24.7 Å². The zero-order valence-corrected chi connectivity index (χ0v) is 18.8. The molecule has 0 aliphatic carbocycles. The van der Waals surface area contributed by atoms with Crippen molar-refractivity contribution in [3.05, 3.63) is 47.2 Å². The van der Waals surface area contributed by atoms with Gasteiger partial charge in [0.1, 0.15) is 12.4 Å². The fourth-order valence-corrected chi connectivity index (χ4v) is 2.63. The number of carbonyl (C=O) groups is 2. The van der Waals surface area contributed by atoms with E-state index in [1.807, 2.05) is 0 Å². The minimum atomic E-state index is -1.49.